The monoisotopic (exact) mass is 546 g/mol. The first kappa shape index (κ1) is 25.4. The Kier molecular flexibility index (Phi) is 10.6. The van der Waals surface area contributed by atoms with Crippen molar-refractivity contribution >= 4 is 41.8 Å². The number of rotatable bonds is 6. The Morgan fingerprint density at radius 2 is 1.71 bits per heavy atom. The Morgan fingerprint density at radius 3 is 2.29 bits per heavy atom. The number of hydrogen-bond donors (Lipinski definition) is 2. The van der Waals surface area contributed by atoms with Crippen LogP contribution in [-0.2, 0) is 11.3 Å². The Labute approximate surface area is 201 Å². The van der Waals surface area contributed by atoms with E-state index in [9.17, 15) is 9.59 Å². The molecule has 31 heavy (non-hydrogen) atoms. The molecule has 1 aromatic heterocycles. The molecule has 3 N–H and O–H groups in total. The Balaban J connectivity index is 0.00000341. The van der Waals surface area contributed by atoms with Gasteiger partial charge in [-0.1, -0.05) is 12.8 Å². The first-order valence-corrected chi connectivity index (χ1v) is 11.0. The van der Waals surface area contributed by atoms with Crippen molar-refractivity contribution in [1.82, 2.24) is 20.0 Å². The van der Waals surface area contributed by atoms with E-state index in [1.807, 2.05) is 11.8 Å². The predicted molar refractivity (Wildman–Crippen MR) is 131 cm³/mol. The van der Waals surface area contributed by atoms with Gasteiger partial charge in [0, 0.05) is 45.8 Å². The number of piperazine rings is 1. The summed E-state index contributed by atoms with van der Waals surface area (Å²) in [5, 5.41) is 3.32. The highest BCUT2D eigenvalue weighted by atomic mass is 127. The molecule has 2 aliphatic heterocycles. The van der Waals surface area contributed by atoms with Gasteiger partial charge in [0.2, 0.25) is 5.91 Å². The number of halogens is 1. The summed E-state index contributed by atoms with van der Waals surface area (Å²) in [6.45, 7) is 8.72. The first-order chi connectivity index (χ1) is 14.6. The van der Waals surface area contributed by atoms with Crippen molar-refractivity contribution in [3.8, 4) is 0 Å². The van der Waals surface area contributed by atoms with Gasteiger partial charge in [0.1, 0.15) is 12.3 Å². The van der Waals surface area contributed by atoms with Crippen molar-refractivity contribution in [3.63, 3.8) is 0 Å². The van der Waals surface area contributed by atoms with Crippen LogP contribution in [0.4, 0.5) is 0 Å². The molecular formula is C21H35IN6O3. The van der Waals surface area contributed by atoms with E-state index in [1.54, 1.807) is 12.1 Å². The molecule has 0 saturated carbocycles. The molecule has 2 saturated heterocycles. The van der Waals surface area contributed by atoms with Crippen molar-refractivity contribution < 1.29 is 14.0 Å². The van der Waals surface area contributed by atoms with Crippen LogP contribution in [0.3, 0.4) is 0 Å². The predicted octanol–water partition coefficient (Wildman–Crippen LogP) is 1.48. The SMILES string of the molecule is CCNC(=NCc1ccc(C(N)=O)o1)N1CCN(CC(=O)N2CCCCCC2)CC1.I. The highest BCUT2D eigenvalue weighted by Gasteiger charge is 2.23. The minimum Gasteiger partial charge on any atom is -0.454 e. The lowest BCUT2D eigenvalue weighted by Crippen LogP contribution is -2.54. The van der Waals surface area contributed by atoms with Crippen LogP contribution in [0.25, 0.3) is 0 Å². The quantitative estimate of drug-likeness (QED) is 0.318. The molecule has 10 heteroatoms. The zero-order valence-electron chi connectivity index (χ0n) is 18.3. The van der Waals surface area contributed by atoms with Crippen LogP contribution in [0.2, 0.25) is 0 Å². The number of likely N-dealkylation sites (tertiary alicyclic amines) is 1. The Morgan fingerprint density at radius 1 is 1.03 bits per heavy atom. The number of guanidine groups is 1. The zero-order valence-corrected chi connectivity index (χ0v) is 20.7. The lowest BCUT2D eigenvalue weighted by molar-refractivity contribution is -0.132. The lowest BCUT2D eigenvalue weighted by Gasteiger charge is -2.37. The third kappa shape index (κ3) is 7.67. The fraction of sp³-hybridized carbons (Fsp3) is 0.667. The van der Waals surface area contributed by atoms with E-state index in [4.69, 9.17) is 10.2 Å². The van der Waals surface area contributed by atoms with Gasteiger partial charge in [-0.2, -0.15) is 0 Å². The maximum absolute atomic E-state index is 12.6. The fourth-order valence-electron chi connectivity index (χ4n) is 3.90. The standard InChI is InChI=1S/C21H34N6O3.HI/c1-2-23-21(24-15-17-7-8-18(30-17)20(22)29)27-13-11-25(12-14-27)16-19(28)26-9-5-3-4-6-10-26;/h7-8H,2-6,9-16H2,1H3,(H2,22,29)(H,23,24);1H. The molecule has 3 rings (SSSR count). The highest BCUT2D eigenvalue weighted by Crippen LogP contribution is 2.12. The fourth-order valence-corrected chi connectivity index (χ4v) is 3.90. The van der Waals surface area contributed by atoms with E-state index in [0.29, 0.717) is 18.8 Å². The second-order valence-electron chi connectivity index (χ2n) is 7.86. The van der Waals surface area contributed by atoms with E-state index in [1.165, 1.54) is 12.8 Å². The summed E-state index contributed by atoms with van der Waals surface area (Å²) >= 11 is 0. The Hall–Kier alpha value is -1.82. The number of primary amides is 1. The minimum atomic E-state index is -0.581. The van der Waals surface area contributed by atoms with Crippen LogP contribution in [0.1, 0.15) is 48.9 Å². The van der Waals surface area contributed by atoms with Gasteiger partial charge in [-0.05, 0) is 31.9 Å². The van der Waals surface area contributed by atoms with Gasteiger partial charge in [-0.15, -0.1) is 24.0 Å². The van der Waals surface area contributed by atoms with Gasteiger partial charge < -0.3 is 25.3 Å². The molecule has 0 atom stereocenters. The summed E-state index contributed by atoms with van der Waals surface area (Å²) in [4.78, 5) is 34.9. The molecule has 0 bridgehead atoms. The molecule has 0 radical (unpaired) electrons. The normalized spacial score (nSPS) is 18.3. The van der Waals surface area contributed by atoms with Crippen molar-refractivity contribution in [2.24, 2.45) is 10.7 Å². The summed E-state index contributed by atoms with van der Waals surface area (Å²) in [5.41, 5.74) is 5.23. The molecule has 174 valence electrons. The molecule has 1 aromatic rings. The number of nitrogens with two attached hydrogens (primary N) is 1. The second-order valence-corrected chi connectivity index (χ2v) is 7.86. The van der Waals surface area contributed by atoms with Crippen LogP contribution in [0, 0.1) is 0 Å². The van der Waals surface area contributed by atoms with Crippen molar-refractivity contribution in [2.45, 2.75) is 39.2 Å². The largest absolute Gasteiger partial charge is 0.454 e. The third-order valence-corrected chi connectivity index (χ3v) is 5.61. The number of carbonyl (C=O) groups excluding carboxylic acids is 2. The topological polar surface area (TPSA) is 107 Å². The van der Waals surface area contributed by atoms with Gasteiger partial charge in [-0.25, -0.2) is 4.99 Å². The lowest BCUT2D eigenvalue weighted by atomic mass is 10.2. The number of aliphatic imine (C=N–C) groups is 1. The number of nitrogens with one attached hydrogen (secondary N) is 1. The molecule has 2 fully saturated rings. The number of nitrogens with zero attached hydrogens (tertiary/aromatic N) is 4. The third-order valence-electron chi connectivity index (χ3n) is 5.61. The number of carbonyl (C=O) groups is 2. The molecule has 0 aliphatic carbocycles. The Bertz CT molecular complexity index is 737. The first-order valence-electron chi connectivity index (χ1n) is 11.0. The molecule has 0 unspecified atom stereocenters. The summed E-state index contributed by atoms with van der Waals surface area (Å²) in [7, 11) is 0. The summed E-state index contributed by atoms with van der Waals surface area (Å²) < 4.78 is 5.41. The van der Waals surface area contributed by atoms with Crippen LogP contribution in [-0.4, -0.2) is 84.8 Å². The van der Waals surface area contributed by atoms with Crippen LogP contribution < -0.4 is 11.1 Å². The van der Waals surface area contributed by atoms with Gasteiger partial charge in [0.25, 0.3) is 5.91 Å². The number of amides is 2. The maximum Gasteiger partial charge on any atom is 0.284 e. The van der Waals surface area contributed by atoms with E-state index in [0.717, 1.165) is 64.6 Å². The molecular weight excluding hydrogens is 511 g/mol. The molecule has 2 amide bonds. The average molecular weight is 546 g/mol. The average Bonchev–Trinajstić information content (AvgIpc) is 3.05. The number of furan rings is 1. The van der Waals surface area contributed by atoms with E-state index >= 15 is 0 Å². The summed E-state index contributed by atoms with van der Waals surface area (Å²) in [6, 6.07) is 3.29. The van der Waals surface area contributed by atoms with Crippen LogP contribution >= 0.6 is 24.0 Å². The van der Waals surface area contributed by atoms with Crippen LogP contribution in [0.15, 0.2) is 21.5 Å². The van der Waals surface area contributed by atoms with Crippen molar-refractivity contribution in [1.29, 1.82) is 0 Å². The number of hydrogen-bond acceptors (Lipinski definition) is 5. The zero-order chi connectivity index (χ0) is 21.3. The maximum atomic E-state index is 12.6. The van der Waals surface area contributed by atoms with Gasteiger partial charge in [0.15, 0.2) is 11.7 Å². The van der Waals surface area contributed by atoms with Crippen LogP contribution in [0.5, 0.6) is 0 Å². The second kappa shape index (κ2) is 12.9. The molecule has 9 nitrogen and oxygen atoms in total. The minimum absolute atomic E-state index is 0. The molecule has 0 aromatic carbocycles. The summed E-state index contributed by atoms with van der Waals surface area (Å²) in [6.07, 6.45) is 4.71. The molecule has 0 spiro atoms. The van der Waals surface area contributed by atoms with Gasteiger partial charge in [-0.3, -0.25) is 14.5 Å². The summed E-state index contributed by atoms with van der Waals surface area (Å²) in [5.74, 6) is 1.23. The molecule has 2 aliphatic rings. The molecule has 3 heterocycles. The van der Waals surface area contributed by atoms with E-state index < -0.39 is 5.91 Å². The van der Waals surface area contributed by atoms with Gasteiger partial charge >= 0.3 is 0 Å². The van der Waals surface area contributed by atoms with E-state index in [2.05, 4.69) is 20.1 Å². The van der Waals surface area contributed by atoms with Gasteiger partial charge in [0.05, 0.1) is 6.54 Å². The van der Waals surface area contributed by atoms with Crippen molar-refractivity contribution in [2.75, 3.05) is 52.4 Å². The van der Waals surface area contributed by atoms with E-state index in [-0.39, 0.29) is 35.6 Å². The smallest absolute Gasteiger partial charge is 0.284 e. The van der Waals surface area contributed by atoms with Crippen molar-refractivity contribution in [3.05, 3.63) is 23.7 Å². The highest BCUT2D eigenvalue weighted by molar-refractivity contribution is 14.0.